The zero-order chi connectivity index (χ0) is 15.1. The number of alkyl halides is 3. The van der Waals surface area contributed by atoms with Crippen LogP contribution >= 0.6 is 11.6 Å². The highest BCUT2D eigenvalue weighted by molar-refractivity contribution is 6.33. The van der Waals surface area contributed by atoms with Crippen molar-refractivity contribution in [3.8, 4) is 5.69 Å². The Morgan fingerprint density at radius 1 is 1.35 bits per heavy atom. The molecule has 0 spiro atoms. The number of aromatic carboxylic acids is 1. The Hall–Kier alpha value is -2.02. The van der Waals surface area contributed by atoms with Crippen molar-refractivity contribution in [3.63, 3.8) is 0 Å². The first-order valence-electron chi connectivity index (χ1n) is 5.38. The fourth-order valence-corrected chi connectivity index (χ4v) is 2.05. The van der Waals surface area contributed by atoms with E-state index in [1.807, 2.05) is 0 Å². The van der Waals surface area contributed by atoms with Gasteiger partial charge in [-0.3, -0.25) is 0 Å². The molecule has 0 saturated heterocycles. The molecule has 0 bridgehead atoms. The van der Waals surface area contributed by atoms with Gasteiger partial charge < -0.3 is 5.11 Å². The second kappa shape index (κ2) is 4.82. The standard InChI is InChI=1S/C12H8ClF3N2O2/c1-6-4-2-3-5-7(6)18-10(13)8(11(19)20)9(17-18)12(14,15)16/h2-5H,1H3,(H,19,20). The zero-order valence-electron chi connectivity index (χ0n) is 10.1. The Bertz CT molecular complexity index is 680. The van der Waals surface area contributed by atoms with E-state index in [0.29, 0.717) is 5.56 Å². The van der Waals surface area contributed by atoms with Crippen molar-refractivity contribution >= 4 is 17.6 Å². The Balaban J connectivity index is 2.75. The minimum Gasteiger partial charge on any atom is -0.478 e. The zero-order valence-corrected chi connectivity index (χ0v) is 10.8. The molecule has 0 radical (unpaired) electrons. The molecule has 8 heteroatoms. The molecule has 1 aromatic carbocycles. The topological polar surface area (TPSA) is 55.1 Å². The Morgan fingerprint density at radius 3 is 2.40 bits per heavy atom. The van der Waals surface area contributed by atoms with E-state index in [0.717, 1.165) is 4.68 Å². The number of carbonyl (C=O) groups is 1. The van der Waals surface area contributed by atoms with E-state index in [1.54, 1.807) is 25.1 Å². The van der Waals surface area contributed by atoms with E-state index in [1.165, 1.54) is 6.07 Å². The van der Waals surface area contributed by atoms with E-state index >= 15 is 0 Å². The molecule has 0 atom stereocenters. The lowest BCUT2D eigenvalue weighted by Crippen LogP contribution is -2.12. The lowest BCUT2D eigenvalue weighted by molar-refractivity contribution is -0.141. The summed E-state index contributed by atoms with van der Waals surface area (Å²) in [5, 5.41) is 11.6. The molecule has 0 saturated carbocycles. The molecule has 20 heavy (non-hydrogen) atoms. The highest BCUT2D eigenvalue weighted by atomic mass is 35.5. The SMILES string of the molecule is Cc1ccccc1-n1nc(C(F)(F)F)c(C(=O)O)c1Cl. The molecular weight excluding hydrogens is 297 g/mol. The van der Waals surface area contributed by atoms with Crippen molar-refractivity contribution in [2.75, 3.05) is 0 Å². The summed E-state index contributed by atoms with van der Waals surface area (Å²) in [5.41, 5.74) is -1.67. The van der Waals surface area contributed by atoms with Crippen LogP contribution in [0.4, 0.5) is 13.2 Å². The molecule has 2 rings (SSSR count). The largest absolute Gasteiger partial charge is 0.478 e. The van der Waals surface area contributed by atoms with Gasteiger partial charge in [-0.25, -0.2) is 9.48 Å². The maximum Gasteiger partial charge on any atom is 0.436 e. The van der Waals surface area contributed by atoms with Crippen LogP contribution in [0.3, 0.4) is 0 Å². The molecule has 0 amide bonds. The Morgan fingerprint density at radius 2 is 1.95 bits per heavy atom. The van der Waals surface area contributed by atoms with Crippen LogP contribution in [-0.4, -0.2) is 20.9 Å². The van der Waals surface area contributed by atoms with Crippen LogP contribution in [0.5, 0.6) is 0 Å². The third-order valence-electron chi connectivity index (χ3n) is 2.66. The summed E-state index contributed by atoms with van der Waals surface area (Å²) in [6.07, 6.45) is -4.90. The lowest BCUT2D eigenvalue weighted by atomic mass is 10.2. The molecular formula is C12H8ClF3N2O2. The van der Waals surface area contributed by atoms with Gasteiger partial charge in [0, 0.05) is 0 Å². The summed E-state index contributed by atoms with van der Waals surface area (Å²) in [6, 6.07) is 6.44. The summed E-state index contributed by atoms with van der Waals surface area (Å²) in [4.78, 5) is 11.0. The molecule has 0 fully saturated rings. The predicted molar refractivity (Wildman–Crippen MR) is 65.3 cm³/mol. The van der Waals surface area contributed by atoms with E-state index < -0.39 is 28.6 Å². The number of aromatic nitrogens is 2. The molecule has 106 valence electrons. The number of rotatable bonds is 2. The van der Waals surface area contributed by atoms with Crippen molar-refractivity contribution < 1.29 is 23.1 Å². The Labute approximate surface area is 116 Å². The van der Waals surface area contributed by atoms with E-state index in [-0.39, 0.29) is 5.69 Å². The average molecular weight is 305 g/mol. The number of aryl methyl sites for hydroxylation is 1. The van der Waals surface area contributed by atoms with Gasteiger partial charge in [-0.1, -0.05) is 29.8 Å². The fourth-order valence-electron chi connectivity index (χ4n) is 1.75. The number of hydrogen-bond acceptors (Lipinski definition) is 2. The smallest absolute Gasteiger partial charge is 0.436 e. The number of carboxylic acids is 1. The normalized spacial score (nSPS) is 11.7. The number of halogens is 4. The first-order chi connectivity index (χ1) is 9.23. The monoisotopic (exact) mass is 304 g/mol. The lowest BCUT2D eigenvalue weighted by Gasteiger charge is -2.06. The minimum atomic E-state index is -4.90. The van der Waals surface area contributed by atoms with Crippen LogP contribution in [0.15, 0.2) is 24.3 Å². The fraction of sp³-hybridized carbons (Fsp3) is 0.167. The van der Waals surface area contributed by atoms with Gasteiger partial charge in [0.25, 0.3) is 0 Å². The van der Waals surface area contributed by atoms with Crippen molar-refractivity contribution in [1.29, 1.82) is 0 Å². The van der Waals surface area contributed by atoms with Gasteiger partial charge in [0.1, 0.15) is 10.7 Å². The number of nitrogens with zero attached hydrogens (tertiary/aromatic N) is 2. The summed E-state index contributed by atoms with van der Waals surface area (Å²) >= 11 is 5.76. The molecule has 0 aliphatic rings. The Kier molecular flexibility index (Phi) is 3.47. The van der Waals surface area contributed by atoms with Crippen LogP contribution in [0.1, 0.15) is 21.6 Å². The van der Waals surface area contributed by atoms with Gasteiger partial charge in [-0.2, -0.15) is 18.3 Å². The summed E-state index contributed by atoms with van der Waals surface area (Å²) < 4.78 is 39.2. The number of benzene rings is 1. The molecule has 0 aliphatic carbocycles. The van der Waals surface area contributed by atoms with Crippen LogP contribution in [0, 0.1) is 6.92 Å². The average Bonchev–Trinajstić information content (AvgIpc) is 2.67. The molecule has 0 unspecified atom stereocenters. The first kappa shape index (κ1) is 14.4. The summed E-state index contributed by atoms with van der Waals surface area (Å²) in [7, 11) is 0. The predicted octanol–water partition coefficient (Wildman–Crippen LogP) is 3.55. The number of para-hydroxylation sites is 1. The minimum absolute atomic E-state index is 0.288. The molecule has 4 nitrogen and oxygen atoms in total. The van der Waals surface area contributed by atoms with Gasteiger partial charge in [-0.05, 0) is 18.6 Å². The first-order valence-corrected chi connectivity index (χ1v) is 5.76. The highest BCUT2D eigenvalue weighted by Gasteiger charge is 2.41. The second-order valence-electron chi connectivity index (χ2n) is 4.02. The van der Waals surface area contributed by atoms with E-state index in [2.05, 4.69) is 5.10 Å². The quantitative estimate of drug-likeness (QED) is 0.923. The molecule has 1 heterocycles. The molecule has 1 N–H and O–H groups in total. The number of carboxylic acid groups (broad SMARTS) is 1. The molecule has 1 aromatic heterocycles. The summed E-state index contributed by atoms with van der Waals surface area (Å²) in [5.74, 6) is -1.78. The maximum absolute atomic E-state index is 12.8. The van der Waals surface area contributed by atoms with E-state index in [9.17, 15) is 18.0 Å². The van der Waals surface area contributed by atoms with Gasteiger partial charge in [-0.15, -0.1) is 0 Å². The van der Waals surface area contributed by atoms with Gasteiger partial charge >= 0.3 is 12.1 Å². The maximum atomic E-state index is 12.8. The van der Waals surface area contributed by atoms with Crippen molar-refractivity contribution in [2.24, 2.45) is 0 Å². The van der Waals surface area contributed by atoms with Crippen LogP contribution in [0.25, 0.3) is 5.69 Å². The van der Waals surface area contributed by atoms with Crippen molar-refractivity contribution in [1.82, 2.24) is 9.78 Å². The molecule has 0 aliphatic heterocycles. The summed E-state index contributed by atoms with van der Waals surface area (Å²) in [6.45, 7) is 1.65. The van der Waals surface area contributed by atoms with Crippen molar-refractivity contribution in [3.05, 3.63) is 46.2 Å². The second-order valence-corrected chi connectivity index (χ2v) is 4.37. The van der Waals surface area contributed by atoms with Crippen LogP contribution < -0.4 is 0 Å². The van der Waals surface area contributed by atoms with Gasteiger partial charge in [0.15, 0.2) is 5.69 Å². The van der Waals surface area contributed by atoms with Gasteiger partial charge in [0.05, 0.1) is 5.69 Å². The van der Waals surface area contributed by atoms with Crippen molar-refractivity contribution in [2.45, 2.75) is 13.1 Å². The number of hydrogen-bond donors (Lipinski definition) is 1. The highest BCUT2D eigenvalue weighted by Crippen LogP contribution is 2.35. The van der Waals surface area contributed by atoms with E-state index in [4.69, 9.17) is 16.7 Å². The van der Waals surface area contributed by atoms with Crippen LogP contribution in [0.2, 0.25) is 5.15 Å². The molecule has 2 aromatic rings. The third kappa shape index (κ3) is 2.36. The van der Waals surface area contributed by atoms with Gasteiger partial charge in [0.2, 0.25) is 0 Å². The van der Waals surface area contributed by atoms with Crippen LogP contribution in [-0.2, 0) is 6.18 Å². The third-order valence-corrected chi connectivity index (χ3v) is 3.00.